The number of benzene rings is 1. The highest BCUT2D eigenvalue weighted by atomic mass is 16.4. The first-order valence-electron chi connectivity index (χ1n) is 7.12. The highest BCUT2D eigenvalue weighted by molar-refractivity contribution is 5.97. The standard InChI is InChI=1S/C16H19NO4/c1-10(18)11-4-3-7-14(9-11)17-15(19)12-5-2-6-13(8-12)16(20)21/h3-4,7,9,12-13H,2,5-6,8H2,1H3,(H,17,19)(H,20,21). The number of carboxylic acids is 1. The van der Waals surface area contributed by atoms with Gasteiger partial charge in [0.05, 0.1) is 5.92 Å². The molecule has 1 amide bonds. The van der Waals surface area contributed by atoms with Gasteiger partial charge in [-0.15, -0.1) is 0 Å². The first-order valence-corrected chi connectivity index (χ1v) is 7.12. The number of carbonyl (C=O) groups excluding carboxylic acids is 2. The van der Waals surface area contributed by atoms with Gasteiger partial charge in [0, 0.05) is 17.2 Å². The number of carboxylic acid groups (broad SMARTS) is 1. The number of rotatable bonds is 4. The summed E-state index contributed by atoms with van der Waals surface area (Å²) in [6, 6.07) is 6.77. The fraction of sp³-hybridized carbons (Fsp3) is 0.438. The van der Waals surface area contributed by atoms with Gasteiger partial charge in [-0.3, -0.25) is 14.4 Å². The molecule has 2 unspecified atom stereocenters. The van der Waals surface area contributed by atoms with Gasteiger partial charge in [0.1, 0.15) is 0 Å². The molecule has 0 spiro atoms. The Kier molecular flexibility index (Phi) is 4.73. The van der Waals surface area contributed by atoms with Crippen LogP contribution in [0.5, 0.6) is 0 Å². The van der Waals surface area contributed by atoms with Crippen molar-refractivity contribution < 1.29 is 19.5 Å². The van der Waals surface area contributed by atoms with Gasteiger partial charge in [-0.1, -0.05) is 18.6 Å². The molecule has 2 N–H and O–H groups in total. The minimum atomic E-state index is -0.828. The zero-order valence-corrected chi connectivity index (χ0v) is 12.0. The van der Waals surface area contributed by atoms with E-state index in [4.69, 9.17) is 5.11 Å². The van der Waals surface area contributed by atoms with Crippen LogP contribution in [0.25, 0.3) is 0 Å². The van der Waals surface area contributed by atoms with Gasteiger partial charge in [0.2, 0.25) is 5.91 Å². The van der Waals surface area contributed by atoms with Crippen molar-refractivity contribution in [3.05, 3.63) is 29.8 Å². The fourth-order valence-corrected chi connectivity index (χ4v) is 2.71. The summed E-state index contributed by atoms with van der Waals surface area (Å²) in [7, 11) is 0. The summed E-state index contributed by atoms with van der Waals surface area (Å²) in [4.78, 5) is 34.6. The van der Waals surface area contributed by atoms with E-state index in [2.05, 4.69) is 5.32 Å². The second kappa shape index (κ2) is 6.52. The number of hydrogen-bond donors (Lipinski definition) is 2. The maximum atomic E-state index is 12.2. The molecular formula is C16H19NO4. The molecule has 5 nitrogen and oxygen atoms in total. The third-order valence-electron chi connectivity index (χ3n) is 3.93. The predicted octanol–water partition coefficient (Wildman–Crippen LogP) is 2.72. The molecule has 1 fully saturated rings. The normalized spacial score (nSPS) is 21.6. The molecule has 1 aromatic carbocycles. The van der Waals surface area contributed by atoms with Crippen LogP contribution in [0.4, 0.5) is 5.69 Å². The quantitative estimate of drug-likeness (QED) is 0.835. The SMILES string of the molecule is CC(=O)c1cccc(NC(=O)C2CCCC(C(=O)O)C2)c1. The van der Waals surface area contributed by atoms with Crippen molar-refractivity contribution in [3.8, 4) is 0 Å². The molecule has 21 heavy (non-hydrogen) atoms. The van der Waals surface area contributed by atoms with Crippen LogP contribution in [-0.2, 0) is 9.59 Å². The summed E-state index contributed by atoms with van der Waals surface area (Å²) in [5, 5.41) is 11.8. The fourth-order valence-electron chi connectivity index (χ4n) is 2.71. The van der Waals surface area contributed by atoms with Crippen LogP contribution in [0.1, 0.15) is 43.0 Å². The van der Waals surface area contributed by atoms with Gasteiger partial charge in [-0.25, -0.2) is 0 Å². The van der Waals surface area contributed by atoms with Crippen LogP contribution in [0.3, 0.4) is 0 Å². The van der Waals surface area contributed by atoms with Crippen molar-refractivity contribution in [2.75, 3.05) is 5.32 Å². The van der Waals surface area contributed by atoms with E-state index in [-0.39, 0.29) is 17.6 Å². The Morgan fingerprint density at radius 1 is 1.19 bits per heavy atom. The van der Waals surface area contributed by atoms with Crippen LogP contribution >= 0.6 is 0 Å². The molecule has 0 radical (unpaired) electrons. The lowest BCUT2D eigenvalue weighted by Gasteiger charge is -2.25. The molecule has 112 valence electrons. The van der Waals surface area contributed by atoms with Crippen molar-refractivity contribution in [1.29, 1.82) is 0 Å². The van der Waals surface area contributed by atoms with E-state index in [0.717, 1.165) is 6.42 Å². The summed E-state index contributed by atoms with van der Waals surface area (Å²) in [5.41, 5.74) is 1.12. The van der Waals surface area contributed by atoms with Crippen LogP contribution in [0.15, 0.2) is 24.3 Å². The predicted molar refractivity (Wildman–Crippen MR) is 78.2 cm³/mol. The molecule has 1 saturated carbocycles. The highest BCUT2D eigenvalue weighted by Crippen LogP contribution is 2.30. The van der Waals surface area contributed by atoms with E-state index >= 15 is 0 Å². The molecule has 2 rings (SSSR count). The van der Waals surface area contributed by atoms with Crippen LogP contribution in [0, 0.1) is 11.8 Å². The molecule has 0 aliphatic heterocycles. The Labute approximate surface area is 123 Å². The van der Waals surface area contributed by atoms with Gasteiger partial charge in [-0.2, -0.15) is 0 Å². The van der Waals surface area contributed by atoms with Crippen LogP contribution < -0.4 is 5.32 Å². The smallest absolute Gasteiger partial charge is 0.306 e. The summed E-state index contributed by atoms with van der Waals surface area (Å²) >= 11 is 0. The molecule has 0 saturated heterocycles. The highest BCUT2D eigenvalue weighted by Gasteiger charge is 2.31. The largest absolute Gasteiger partial charge is 0.481 e. The van der Waals surface area contributed by atoms with Gasteiger partial charge in [0.25, 0.3) is 0 Å². The average molecular weight is 289 g/mol. The zero-order chi connectivity index (χ0) is 15.4. The van der Waals surface area contributed by atoms with E-state index < -0.39 is 11.9 Å². The minimum absolute atomic E-state index is 0.0605. The monoisotopic (exact) mass is 289 g/mol. The zero-order valence-electron chi connectivity index (χ0n) is 12.0. The molecule has 0 heterocycles. The van der Waals surface area contributed by atoms with Gasteiger partial charge < -0.3 is 10.4 Å². The molecule has 2 atom stereocenters. The number of Topliss-reactive ketones (excluding diaryl/α,β-unsaturated/α-hetero) is 1. The molecule has 5 heteroatoms. The van der Waals surface area contributed by atoms with E-state index in [9.17, 15) is 14.4 Å². The average Bonchev–Trinajstić information content (AvgIpc) is 2.47. The third kappa shape index (κ3) is 3.90. The van der Waals surface area contributed by atoms with Gasteiger partial charge in [0.15, 0.2) is 5.78 Å². The van der Waals surface area contributed by atoms with Crippen LogP contribution in [0.2, 0.25) is 0 Å². The summed E-state index contributed by atoms with van der Waals surface area (Å²) in [5.74, 6) is -1.76. The van der Waals surface area contributed by atoms with Crippen molar-refractivity contribution in [2.24, 2.45) is 11.8 Å². The van der Waals surface area contributed by atoms with E-state index in [1.165, 1.54) is 6.92 Å². The van der Waals surface area contributed by atoms with Gasteiger partial charge in [-0.05, 0) is 38.3 Å². The van der Waals surface area contributed by atoms with E-state index in [0.29, 0.717) is 30.5 Å². The maximum absolute atomic E-state index is 12.2. The number of ketones is 1. The Balaban J connectivity index is 2.02. The number of amides is 1. The lowest BCUT2D eigenvalue weighted by atomic mass is 9.81. The number of aliphatic carboxylic acids is 1. The Bertz CT molecular complexity index is 567. The molecular weight excluding hydrogens is 270 g/mol. The molecule has 1 aliphatic rings. The topological polar surface area (TPSA) is 83.5 Å². The molecule has 0 bridgehead atoms. The number of nitrogens with one attached hydrogen (secondary N) is 1. The van der Waals surface area contributed by atoms with Crippen molar-refractivity contribution >= 4 is 23.3 Å². The number of carbonyl (C=O) groups is 3. The van der Waals surface area contributed by atoms with E-state index in [1.54, 1.807) is 24.3 Å². The van der Waals surface area contributed by atoms with Gasteiger partial charge >= 0.3 is 5.97 Å². The third-order valence-corrected chi connectivity index (χ3v) is 3.93. The summed E-state index contributed by atoms with van der Waals surface area (Å²) < 4.78 is 0. The lowest BCUT2D eigenvalue weighted by Crippen LogP contribution is -2.30. The molecule has 0 aromatic heterocycles. The second-order valence-electron chi connectivity index (χ2n) is 5.52. The first-order chi connectivity index (χ1) is 9.97. The Hall–Kier alpha value is -2.17. The Morgan fingerprint density at radius 2 is 1.90 bits per heavy atom. The summed E-state index contributed by atoms with van der Waals surface area (Å²) in [6.45, 7) is 1.47. The molecule has 1 aliphatic carbocycles. The van der Waals surface area contributed by atoms with Crippen molar-refractivity contribution in [2.45, 2.75) is 32.6 Å². The first kappa shape index (κ1) is 15.2. The van der Waals surface area contributed by atoms with Crippen LogP contribution in [-0.4, -0.2) is 22.8 Å². The van der Waals surface area contributed by atoms with Crippen molar-refractivity contribution in [1.82, 2.24) is 0 Å². The number of anilines is 1. The Morgan fingerprint density at radius 3 is 2.57 bits per heavy atom. The number of hydrogen-bond acceptors (Lipinski definition) is 3. The molecule has 1 aromatic rings. The van der Waals surface area contributed by atoms with Crippen molar-refractivity contribution in [3.63, 3.8) is 0 Å². The second-order valence-corrected chi connectivity index (χ2v) is 5.52. The summed E-state index contributed by atoms with van der Waals surface area (Å²) in [6.07, 6.45) is 2.48. The minimum Gasteiger partial charge on any atom is -0.481 e. The van der Waals surface area contributed by atoms with E-state index in [1.807, 2.05) is 0 Å². The maximum Gasteiger partial charge on any atom is 0.306 e. The lowest BCUT2D eigenvalue weighted by molar-refractivity contribution is -0.143.